The van der Waals surface area contributed by atoms with E-state index in [4.69, 9.17) is 0 Å². The lowest BCUT2D eigenvalue weighted by Crippen LogP contribution is -2.55. The van der Waals surface area contributed by atoms with Crippen LogP contribution in [-0.4, -0.2) is 54.0 Å². The molecule has 1 heterocycles. The summed E-state index contributed by atoms with van der Waals surface area (Å²) in [7, 11) is 0. The molecule has 1 saturated heterocycles. The predicted molar refractivity (Wildman–Crippen MR) is 108 cm³/mol. The molecule has 27 heavy (non-hydrogen) atoms. The highest BCUT2D eigenvalue weighted by Crippen LogP contribution is 2.27. The van der Waals surface area contributed by atoms with Crippen LogP contribution in [0.15, 0.2) is 30.3 Å². The third-order valence-corrected chi connectivity index (χ3v) is 5.90. The zero-order valence-electron chi connectivity index (χ0n) is 16.7. The number of benzene rings is 1. The van der Waals surface area contributed by atoms with Crippen molar-refractivity contribution >= 4 is 11.9 Å². The van der Waals surface area contributed by atoms with Gasteiger partial charge in [-0.05, 0) is 24.3 Å². The van der Waals surface area contributed by atoms with E-state index in [1.165, 1.54) is 19.3 Å². The second kappa shape index (κ2) is 9.25. The van der Waals surface area contributed by atoms with Gasteiger partial charge in [0, 0.05) is 32.2 Å². The normalized spacial score (nSPS) is 19.8. The molecule has 0 spiro atoms. The molecule has 1 unspecified atom stereocenters. The van der Waals surface area contributed by atoms with Crippen LogP contribution >= 0.6 is 0 Å². The van der Waals surface area contributed by atoms with Gasteiger partial charge in [0.15, 0.2) is 0 Å². The molecule has 0 aromatic heterocycles. The van der Waals surface area contributed by atoms with E-state index in [0.717, 1.165) is 18.4 Å². The van der Waals surface area contributed by atoms with Gasteiger partial charge in [-0.25, -0.2) is 4.79 Å². The van der Waals surface area contributed by atoms with E-state index in [-0.39, 0.29) is 23.8 Å². The number of hydrogen-bond donors (Lipinski definition) is 1. The van der Waals surface area contributed by atoms with Gasteiger partial charge in [-0.15, -0.1) is 0 Å². The Balaban J connectivity index is 1.54. The molecule has 2 aliphatic rings. The molecule has 3 amide bonds. The summed E-state index contributed by atoms with van der Waals surface area (Å²) in [5.74, 6) is 0.310. The molecule has 2 fully saturated rings. The van der Waals surface area contributed by atoms with E-state index in [9.17, 15) is 9.59 Å². The molecule has 1 N–H and O–H groups in total. The lowest BCUT2D eigenvalue weighted by Gasteiger charge is -2.38. The van der Waals surface area contributed by atoms with Crippen LogP contribution in [0.25, 0.3) is 0 Å². The van der Waals surface area contributed by atoms with Crippen LogP contribution in [0.1, 0.15) is 57.4 Å². The minimum Gasteiger partial charge on any atom is -0.339 e. The van der Waals surface area contributed by atoms with Crippen molar-refractivity contribution in [2.45, 2.75) is 57.9 Å². The standard InChI is InChI=1S/C22H33N3O2/c1-17(2)20(18-9-5-3-6-10-18)21(26)24-13-15-25(16-14-24)22(27)23-19-11-7-4-8-12-19/h3,5-6,9-10,17,19-20H,4,7-8,11-16H2,1-2H3,(H,23,27). The quantitative estimate of drug-likeness (QED) is 0.879. The maximum absolute atomic E-state index is 13.1. The molecule has 0 bridgehead atoms. The predicted octanol–water partition coefficient (Wildman–Crippen LogP) is 3.61. The molecule has 5 nitrogen and oxygen atoms in total. The van der Waals surface area contributed by atoms with E-state index in [0.29, 0.717) is 32.2 Å². The maximum atomic E-state index is 13.1. The van der Waals surface area contributed by atoms with Crippen molar-refractivity contribution in [1.82, 2.24) is 15.1 Å². The fraction of sp³-hybridized carbons (Fsp3) is 0.636. The molecule has 1 aliphatic carbocycles. The van der Waals surface area contributed by atoms with Crippen LogP contribution in [0.2, 0.25) is 0 Å². The smallest absolute Gasteiger partial charge is 0.317 e. The van der Waals surface area contributed by atoms with Crippen molar-refractivity contribution in [3.8, 4) is 0 Å². The number of nitrogens with one attached hydrogen (secondary N) is 1. The van der Waals surface area contributed by atoms with Gasteiger partial charge in [-0.1, -0.05) is 63.4 Å². The molecule has 1 atom stereocenters. The van der Waals surface area contributed by atoms with E-state index < -0.39 is 0 Å². The zero-order valence-corrected chi connectivity index (χ0v) is 16.7. The summed E-state index contributed by atoms with van der Waals surface area (Å²) in [5.41, 5.74) is 1.08. The largest absolute Gasteiger partial charge is 0.339 e. The Bertz CT molecular complexity index is 618. The Morgan fingerprint density at radius 1 is 0.926 bits per heavy atom. The molecule has 148 valence electrons. The van der Waals surface area contributed by atoms with Crippen molar-refractivity contribution in [3.05, 3.63) is 35.9 Å². The number of carbonyl (C=O) groups is 2. The summed E-state index contributed by atoms with van der Waals surface area (Å²) in [6.45, 7) is 6.67. The number of piperazine rings is 1. The first kappa shape index (κ1) is 19.7. The van der Waals surface area contributed by atoms with Crippen LogP contribution in [-0.2, 0) is 4.79 Å². The van der Waals surface area contributed by atoms with Crippen LogP contribution in [0.4, 0.5) is 4.79 Å². The number of amides is 3. The van der Waals surface area contributed by atoms with Crippen molar-refractivity contribution in [1.29, 1.82) is 0 Å². The third kappa shape index (κ3) is 5.02. The number of urea groups is 1. The minimum absolute atomic E-state index is 0.0393. The molecule has 1 aromatic rings. The first-order chi connectivity index (χ1) is 13.1. The monoisotopic (exact) mass is 371 g/mol. The number of carbonyl (C=O) groups excluding carboxylic acids is 2. The Morgan fingerprint density at radius 3 is 2.11 bits per heavy atom. The number of hydrogen-bond acceptors (Lipinski definition) is 2. The number of rotatable bonds is 4. The van der Waals surface area contributed by atoms with E-state index in [1.807, 2.05) is 40.1 Å². The summed E-state index contributed by atoms with van der Waals surface area (Å²) in [4.78, 5) is 29.5. The van der Waals surface area contributed by atoms with Crippen molar-refractivity contribution in [2.75, 3.05) is 26.2 Å². The third-order valence-electron chi connectivity index (χ3n) is 5.90. The Kier molecular flexibility index (Phi) is 6.75. The first-order valence-electron chi connectivity index (χ1n) is 10.5. The van der Waals surface area contributed by atoms with Crippen LogP contribution in [0.3, 0.4) is 0 Å². The zero-order chi connectivity index (χ0) is 19.2. The van der Waals surface area contributed by atoms with E-state index in [2.05, 4.69) is 19.2 Å². The molecule has 0 radical (unpaired) electrons. The number of nitrogens with zero attached hydrogens (tertiary/aromatic N) is 2. The van der Waals surface area contributed by atoms with Crippen LogP contribution in [0.5, 0.6) is 0 Å². The van der Waals surface area contributed by atoms with Crippen LogP contribution < -0.4 is 5.32 Å². The maximum Gasteiger partial charge on any atom is 0.317 e. The van der Waals surface area contributed by atoms with E-state index >= 15 is 0 Å². The Hall–Kier alpha value is -2.04. The highest BCUT2D eigenvalue weighted by Gasteiger charge is 2.32. The van der Waals surface area contributed by atoms with Crippen molar-refractivity contribution in [2.24, 2.45) is 5.92 Å². The van der Waals surface area contributed by atoms with Gasteiger partial charge in [0.2, 0.25) is 5.91 Å². The van der Waals surface area contributed by atoms with Gasteiger partial charge >= 0.3 is 6.03 Å². The lowest BCUT2D eigenvalue weighted by atomic mass is 9.87. The Morgan fingerprint density at radius 2 is 1.52 bits per heavy atom. The average molecular weight is 372 g/mol. The van der Waals surface area contributed by atoms with Crippen molar-refractivity contribution < 1.29 is 9.59 Å². The van der Waals surface area contributed by atoms with E-state index in [1.54, 1.807) is 0 Å². The fourth-order valence-corrected chi connectivity index (χ4v) is 4.31. The summed E-state index contributed by atoms with van der Waals surface area (Å²) < 4.78 is 0. The molecule has 5 heteroatoms. The van der Waals surface area contributed by atoms with Gasteiger partial charge in [0.05, 0.1) is 5.92 Å². The topological polar surface area (TPSA) is 52.7 Å². The minimum atomic E-state index is -0.117. The van der Waals surface area contributed by atoms with Crippen molar-refractivity contribution in [3.63, 3.8) is 0 Å². The van der Waals surface area contributed by atoms with Gasteiger partial charge in [0.1, 0.15) is 0 Å². The molecule has 1 saturated carbocycles. The molecular weight excluding hydrogens is 338 g/mol. The first-order valence-corrected chi connectivity index (χ1v) is 10.5. The summed E-state index contributed by atoms with van der Waals surface area (Å²) in [5, 5.41) is 3.18. The highest BCUT2D eigenvalue weighted by molar-refractivity contribution is 5.84. The SMILES string of the molecule is CC(C)C(C(=O)N1CCN(C(=O)NC2CCCCC2)CC1)c1ccccc1. The molecule has 1 aromatic carbocycles. The average Bonchev–Trinajstić information content (AvgIpc) is 2.69. The molecule has 1 aliphatic heterocycles. The molecule has 3 rings (SSSR count). The fourth-order valence-electron chi connectivity index (χ4n) is 4.31. The Labute approximate surface area is 163 Å². The van der Waals surface area contributed by atoms with Gasteiger partial charge in [-0.3, -0.25) is 4.79 Å². The summed E-state index contributed by atoms with van der Waals surface area (Å²) in [6.07, 6.45) is 5.90. The highest BCUT2D eigenvalue weighted by atomic mass is 16.2. The molecular formula is C22H33N3O2. The van der Waals surface area contributed by atoms with Crippen LogP contribution in [0, 0.1) is 5.92 Å². The van der Waals surface area contributed by atoms with Gasteiger partial charge in [0.25, 0.3) is 0 Å². The summed E-state index contributed by atoms with van der Waals surface area (Å²) in [6, 6.07) is 10.4. The van der Waals surface area contributed by atoms with Gasteiger partial charge in [-0.2, -0.15) is 0 Å². The lowest BCUT2D eigenvalue weighted by molar-refractivity contribution is -0.135. The second-order valence-electron chi connectivity index (χ2n) is 8.23. The van der Waals surface area contributed by atoms with Gasteiger partial charge < -0.3 is 15.1 Å². The second-order valence-corrected chi connectivity index (χ2v) is 8.23. The summed E-state index contributed by atoms with van der Waals surface area (Å²) >= 11 is 0.